The molecule has 2 fully saturated rings. The fourth-order valence-corrected chi connectivity index (χ4v) is 6.75. The Balaban J connectivity index is 0.000000287. The van der Waals surface area contributed by atoms with Crippen molar-refractivity contribution in [1.82, 2.24) is 38.9 Å². The molecule has 4 aromatic heterocycles. The third-order valence-corrected chi connectivity index (χ3v) is 9.59. The number of carbonyl (C=O) groups is 4. The largest absolute Gasteiger partial charge is 0.444 e. The third kappa shape index (κ3) is 12.3. The predicted octanol–water partition coefficient (Wildman–Crippen LogP) is 8.59. The summed E-state index contributed by atoms with van der Waals surface area (Å²) in [6.07, 6.45) is -1.55. The Morgan fingerprint density at radius 2 is 0.922 bits per heavy atom. The fourth-order valence-electron chi connectivity index (χ4n) is 6.75. The van der Waals surface area contributed by atoms with Crippen LogP contribution in [0.25, 0.3) is 22.1 Å². The van der Waals surface area contributed by atoms with Crippen LogP contribution in [0.3, 0.4) is 0 Å². The Morgan fingerprint density at radius 1 is 0.578 bits per heavy atom. The quantitative estimate of drug-likeness (QED) is 0.178. The Hall–Kier alpha value is -5.68. The van der Waals surface area contributed by atoms with Gasteiger partial charge in [-0.3, -0.25) is 0 Å². The van der Waals surface area contributed by atoms with Crippen molar-refractivity contribution in [1.29, 1.82) is 0 Å². The molecule has 2 amide bonds. The van der Waals surface area contributed by atoms with E-state index in [0.717, 1.165) is 18.9 Å². The highest BCUT2D eigenvalue weighted by molar-refractivity contribution is 5.94. The van der Waals surface area contributed by atoms with Crippen LogP contribution in [0.15, 0.2) is 37.1 Å². The molecule has 18 nitrogen and oxygen atoms in total. The van der Waals surface area contributed by atoms with Gasteiger partial charge in [-0.2, -0.15) is 0 Å². The first-order chi connectivity index (χ1) is 35.2. The molecule has 352 valence electrons. The number of piperidine rings is 2. The van der Waals surface area contributed by atoms with E-state index in [4.69, 9.17) is 38.1 Å². The summed E-state index contributed by atoms with van der Waals surface area (Å²) in [7, 11) is 0. The van der Waals surface area contributed by atoms with Crippen LogP contribution in [-0.4, -0.2) is 138 Å². The van der Waals surface area contributed by atoms with Gasteiger partial charge < -0.3 is 38.5 Å². The van der Waals surface area contributed by atoms with Gasteiger partial charge in [-0.15, -0.1) is 0 Å². The van der Waals surface area contributed by atoms with E-state index < -0.39 is 111 Å². The molecule has 0 N–H and O–H groups in total. The molecule has 0 saturated carbocycles. The highest BCUT2D eigenvalue weighted by atomic mass is 16.6. The molecule has 6 heterocycles. The van der Waals surface area contributed by atoms with Crippen LogP contribution in [0.2, 0.25) is 0 Å². The summed E-state index contributed by atoms with van der Waals surface area (Å²) in [5.41, 5.74) is -3.45. The normalized spacial score (nSPS) is 23.7. The molecule has 0 radical (unpaired) electrons. The van der Waals surface area contributed by atoms with Crippen molar-refractivity contribution < 1.29 is 57.3 Å². The van der Waals surface area contributed by atoms with E-state index in [1.807, 2.05) is 0 Å². The number of carbonyl (C=O) groups excluding carboxylic acids is 4. The Bertz CT molecular complexity index is 2650. The van der Waals surface area contributed by atoms with Crippen LogP contribution < -0.4 is 9.80 Å². The molecule has 0 bridgehead atoms. The zero-order valence-electron chi connectivity index (χ0n) is 52.6. The minimum Gasteiger partial charge on any atom is -0.444 e. The Kier molecular flexibility index (Phi) is 9.67. The second-order valence-electron chi connectivity index (χ2n) is 19.6. The Morgan fingerprint density at radius 3 is 1.23 bits per heavy atom. The number of hydrogen-bond acceptors (Lipinski definition) is 14. The van der Waals surface area contributed by atoms with E-state index in [0.29, 0.717) is 0 Å². The first kappa shape index (κ1) is 32.9. The molecule has 6 rings (SSSR count). The van der Waals surface area contributed by atoms with Gasteiger partial charge in [-0.25, -0.2) is 48.2 Å². The summed E-state index contributed by atoms with van der Waals surface area (Å²) in [4.78, 5) is 71.8. The molecular weight excluding hydrogens is 821 g/mol. The van der Waals surface area contributed by atoms with Crippen molar-refractivity contribution >= 4 is 58.1 Å². The van der Waals surface area contributed by atoms with Gasteiger partial charge in [0.1, 0.15) is 49.4 Å². The van der Waals surface area contributed by atoms with Gasteiger partial charge in [-0.05, 0) is 120 Å². The predicted molar refractivity (Wildman–Crippen MR) is 246 cm³/mol. The third-order valence-electron chi connectivity index (χ3n) is 9.59. The zero-order chi connectivity index (χ0) is 59.4. The second kappa shape index (κ2) is 18.8. The van der Waals surface area contributed by atoms with Crippen molar-refractivity contribution in [3.8, 4) is 0 Å². The van der Waals surface area contributed by atoms with E-state index in [1.54, 1.807) is 83.1 Å². The maximum Gasteiger partial charge on any atom is 0.420 e. The first-order valence-corrected chi connectivity index (χ1v) is 20.9. The van der Waals surface area contributed by atoms with Crippen molar-refractivity contribution in [2.45, 2.75) is 144 Å². The van der Waals surface area contributed by atoms with Crippen LogP contribution in [-0.2, 0) is 18.9 Å². The van der Waals surface area contributed by atoms with E-state index in [1.165, 1.54) is 34.3 Å². The highest BCUT2D eigenvalue weighted by Gasteiger charge is 2.37. The standard InChI is InChI=1S/2C23H35N5O4/c2*1-15-9-11-27(20(29)31-22(2,3)4)13-17(15)26(8)18-16-10-12-28(19(16)25-14-24-18)21(30)32-23(5,6)7/h2*10,12,14-15,17H,9,11,13H2,1-8H3/t15-,17+;/m1./s1/i2*1D3,8D3,14D. The lowest BCUT2D eigenvalue weighted by Gasteiger charge is -2.42. The summed E-state index contributed by atoms with van der Waals surface area (Å²) < 4.78 is 139. The number of hydrogen-bond donors (Lipinski definition) is 0. The van der Waals surface area contributed by atoms with Crippen molar-refractivity contribution in [3.05, 3.63) is 37.1 Å². The Labute approximate surface area is 397 Å². The number of fused-ring (bicyclic) bond motifs is 2. The van der Waals surface area contributed by atoms with Crippen LogP contribution in [0, 0.1) is 11.8 Å². The van der Waals surface area contributed by atoms with Gasteiger partial charge in [0, 0.05) is 69.0 Å². The molecule has 2 saturated heterocycles. The lowest BCUT2D eigenvalue weighted by Crippen LogP contribution is -2.53. The van der Waals surface area contributed by atoms with Gasteiger partial charge in [0.25, 0.3) is 0 Å². The number of aromatic nitrogens is 6. The number of amides is 2. The van der Waals surface area contributed by atoms with E-state index in [9.17, 15) is 19.2 Å². The van der Waals surface area contributed by atoms with Crippen LogP contribution >= 0.6 is 0 Å². The van der Waals surface area contributed by atoms with Gasteiger partial charge in [-0.1, -0.05) is 13.7 Å². The molecule has 0 aliphatic carbocycles. The average Bonchev–Trinajstić information content (AvgIpc) is 3.85. The average molecular weight is 905 g/mol. The number of ether oxygens (including phenoxy) is 4. The smallest absolute Gasteiger partial charge is 0.420 e. The summed E-state index contributed by atoms with van der Waals surface area (Å²) in [5, 5.41) is 0.207. The molecule has 0 spiro atoms. The lowest BCUT2D eigenvalue weighted by atomic mass is 9.92. The van der Waals surface area contributed by atoms with Crippen LogP contribution in [0.1, 0.15) is 129 Å². The van der Waals surface area contributed by atoms with Crippen LogP contribution in [0.4, 0.5) is 30.8 Å². The van der Waals surface area contributed by atoms with Crippen molar-refractivity contribution in [3.63, 3.8) is 0 Å². The minimum absolute atomic E-state index is 0.0200. The number of likely N-dealkylation sites (N-methyl/N-ethyl adjacent to an activating group) is 2. The molecule has 4 atom stereocenters. The number of anilines is 2. The number of rotatable bonds is 4. The SMILES string of the molecule is [2H]c1nc(N(C2CN(C(=O)OC(C)(C)C)CCC2C([2H])([2H])[2H])C([2H])([2H])[2H])c2ccn(C(=O)OC(C)(C)C)c2n1.[2H]c1nc(N([C@H]2CN(C(=O)OC(C)(C)C)CC[C@H]2C([2H])([2H])[2H])C([2H])([2H])[2H])c2ccn(C(=O)OC(C)(C)C)c2n1. The topological polar surface area (TPSA) is 180 Å². The molecule has 2 unspecified atom stereocenters. The highest BCUT2D eigenvalue weighted by Crippen LogP contribution is 2.32. The zero-order valence-corrected chi connectivity index (χ0v) is 38.6. The van der Waals surface area contributed by atoms with Crippen molar-refractivity contribution in [2.75, 3.05) is 49.9 Å². The molecule has 0 aromatic carbocycles. The summed E-state index contributed by atoms with van der Waals surface area (Å²) in [5.74, 6) is -2.80. The second-order valence-corrected chi connectivity index (χ2v) is 19.6. The minimum atomic E-state index is -2.94. The number of likely N-dealkylation sites (tertiary alicyclic amines) is 2. The summed E-state index contributed by atoms with van der Waals surface area (Å²) in [6, 6.07) is 0.305. The fraction of sp³-hybridized carbons (Fsp3) is 0.652. The molecule has 4 aromatic rings. The van der Waals surface area contributed by atoms with Gasteiger partial charge in [0.2, 0.25) is 0 Å². The molecule has 64 heavy (non-hydrogen) atoms. The maximum atomic E-state index is 12.9. The monoisotopic (exact) mass is 905 g/mol. The molecular formula is C46H70N10O8. The molecule has 2 aliphatic heterocycles. The van der Waals surface area contributed by atoms with Crippen LogP contribution in [0.5, 0.6) is 0 Å². The van der Waals surface area contributed by atoms with Crippen molar-refractivity contribution in [2.24, 2.45) is 11.8 Å². The van der Waals surface area contributed by atoms with Gasteiger partial charge in [0.05, 0.1) is 22.9 Å². The van der Waals surface area contributed by atoms with Gasteiger partial charge >= 0.3 is 24.4 Å². The lowest BCUT2D eigenvalue weighted by molar-refractivity contribution is 0.0155. The van der Waals surface area contributed by atoms with E-state index in [2.05, 4.69) is 19.9 Å². The van der Waals surface area contributed by atoms with E-state index in [-0.39, 0.29) is 72.7 Å². The summed E-state index contributed by atoms with van der Waals surface area (Å²) >= 11 is 0. The molecule has 18 heteroatoms. The molecule has 2 aliphatic rings. The maximum absolute atomic E-state index is 12.9. The number of nitrogens with zero attached hydrogens (tertiary/aromatic N) is 10. The van der Waals surface area contributed by atoms with Gasteiger partial charge in [0.15, 0.2) is 11.3 Å². The van der Waals surface area contributed by atoms with E-state index >= 15 is 0 Å². The first-order valence-electron chi connectivity index (χ1n) is 27.9. The summed E-state index contributed by atoms with van der Waals surface area (Å²) in [6.45, 7) is 8.77.